The highest BCUT2D eigenvalue weighted by Crippen LogP contribution is 2.75. The van der Waals surface area contributed by atoms with Gasteiger partial charge in [0.2, 0.25) is 0 Å². The highest BCUT2D eigenvalue weighted by atomic mass is 16.4. The molecule has 0 aromatic carbocycles. The molecule has 5 aliphatic carbocycles. The van der Waals surface area contributed by atoms with Crippen LogP contribution in [-0.4, -0.2) is 33.5 Å². The SMILES string of the molecule is CC1(C)[C@H](O)CC[C@@]2(C)[C@@H]1CC[C@]1(C)[C@@H]2[C@H](O)C=C2[C@@H]3C[C@@](C)(C(=O)O)CC[C@]3(C)CC[C@]21C. The second-order valence-corrected chi connectivity index (χ2v) is 15.1. The van der Waals surface area contributed by atoms with Gasteiger partial charge in [0.05, 0.1) is 17.6 Å². The van der Waals surface area contributed by atoms with E-state index in [2.05, 4.69) is 47.6 Å². The summed E-state index contributed by atoms with van der Waals surface area (Å²) in [4.78, 5) is 12.2. The lowest BCUT2D eigenvalue weighted by molar-refractivity contribution is -0.224. The van der Waals surface area contributed by atoms with Crippen LogP contribution in [0.5, 0.6) is 0 Å². The van der Waals surface area contributed by atoms with Crippen molar-refractivity contribution in [3.63, 3.8) is 0 Å². The van der Waals surface area contributed by atoms with Gasteiger partial charge in [-0.2, -0.15) is 0 Å². The Labute approximate surface area is 206 Å². The highest BCUT2D eigenvalue weighted by Gasteiger charge is 2.70. The fraction of sp³-hybridized carbons (Fsp3) is 0.900. The minimum Gasteiger partial charge on any atom is -0.481 e. The second kappa shape index (κ2) is 7.12. The van der Waals surface area contributed by atoms with E-state index in [1.165, 1.54) is 5.57 Å². The minimum atomic E-state index is -0.681. The van der Waals surface area contributed by atoms with Gasteiger partial charge in [0.25, 0.3) is 0 Å². The quantitative estimate of drug-likeness (QED) is 0.397. The van der Waals surface area contributed by atoms with Crippen molar-refractivity contribution in [2.45, 2.75) is 118 Å². The van der Waals surface area contributed by atoms with Crippen molar-refractivity contribution in [3.05, 3.63) is 11.6 Å². The normalized spacial score (nSPS) is 56.3. The Kier molecular flexibility index (Phi) is 5.20. The number of aliphatic hydroxyl groups is 2. The van der Waals surface area contributed by atoms with Crippen LogP contribution >= 0.6 is 0 Å². The maximum Gasteiger partial charge on any atom is 0.309 e. The molecule has 0 spiro atoms. The molecule has 0 bridgehead atoms. The number of carbonyl (C=O) groups is 1. The van der Waals surface area contributed by atoms with Crippen LogP contribution in [0.4, 0.5) is 0 Å². The molecule has 4 heteroatoms. The van der Waals surface area contributed by atoms with E-state index in [-0.39, 0.29) is 45.0 Å². The van der Waals surface area contributed by atoms with E-state index in [1.54, 1.807) is 0 Å². The van der Waals surface area contributed by atoms with E-state index in [4.69, 9.17) is 0 Å². The molecule has 4 saturated carbocycles. The lowest BCUT2D eigenvalue weighted by Gasteiger charge is -2.72. The van der Waals surface area contributed by atoms with Crippen molar-refractivity contribution >= 4 is 5.97 Å². The molecule has 5 aliphatic rings. The molecule has 192 valence electrons. The Hall–Kier alpha value is -0.870. The molecule has 10 atom stereocenters. The third-order valence-electron chi connectivity index (χ3n) is 13.3. The fourth-order valence-corrected chi connectivity index (χ4v) is 10.6. The van der Waals surface area contributed by atoms with Gasteiger partial charge >= 0.3 is 5.97 Å². The number of carboxylic acid groups (broad SMARTS) is 1. The van der Waals surface area contributed by atoms with Gasteiger partial charge in [-0.1, -0.05) is 53.2 Å². The average molecular weight is 473 g/mol. The zero-order valence-electron chi connectivity index (χ0n) is 22.6. The summed E-state index contributed by atoms with van der Waals surface area (Å²) in [6.45, 7) is 16.1. The summed E-state index contributed by atoms with van der Waals surface area (Å²) in [5, 5.41) is 32.9. The van der Waals surface area contributed by atoms with E-state index in [0.717, 1.165) is 51.4 Å². The first kappa shape index (κ1) is 24.8. The maximum absolute atomic E-state index is 12.2. The van der Waals surface area contributed by atoms with Crippen LogP contribution in [0.15, 0.2) is 11.6 Å². The number of aliphatic hydroxyl groups excluding tert-OH is 2. The number of hydrogen-bond donors (Lipinski definition) is 3. The Morgan fingerprint density at radius 1 is 0.882 bits per heavy atom. The average Bonchev–Trinajstić information content (AvgIpc) is 2.73. The Morgan fingerprint density at radius 3 is 2.18 bits per heavy atom. The van der Waals surface area contributed by atoms with Crippen molar-refractivity contribution in [1.29, 1.82) is 0 Å². The summed E-state index contributed by atoms with van der Waals surface area (Å²) < 4.78 is 0. The van der Waals surface area contributed by atoms with Crippen LogP contribution < -0.4 is 0 Å². The predicted molar refractivity (Wildman–Crippen MR) is 134 cm³/mol. The predicted octanol–water partition coefficient (Wildman–Crippen LogP) is 6.20. The summed E-state index contributed by atoms with van der Waals surface area (Å²) in [5.74, 6) is 0.120. The number of aliphatic carboxylic acids is 1. The molecule has 5 rings (SSSR count). The van der Waals surface area contributed by atoms with Crippen molar-refractivity contribution in [1.82, 2.24) is 0 Å². The first-order valence-electron chi connectivity index (χ1n) is 13.9. The number of hydrogen-bond acceptors (Lipinski definition) is 3. The minimum absolute atomic E-state index is 0.0108. The van der Waals surface area contributed by atoms with Gasteiger partial charge < -0.3 is 15.3 Å². The number of rotatable bonds is 1. The molecule has 0 aliphatic heterocycles. The summed E-state index contributed by atoms with van der Waals surface area (Å²) in [5.41, 5.74) is 0.613. The van der Waals surface area contributed by atoms with Gasteiger partial charge in [0, 0.05) is 5.92 Å². The van der Waals surface area contributed by atoms with Crippen LogP contribution in [-0.2, 0) is 4.79 Å². The third kappa shape index (κ3) is 2.88. The van der Waals surface area contributed by atoms with Crippen molar-refractivity contribution in [3.8, 4) is 0 Å². The van der Waals surface area contributed by atoms with Gasteiger partial charge in [-0.3, -0.25) is 4.79 Å². The number of carboxylic acids is 1. The molecule has 0 heterocycles. The molecule has 0 saturated heterocycles. The van der Waals surface area contributed by atoms with Gasteiger partial charge in [0.1, 0.15) is 0 Å². The highest BCUT2D eigenvalue weighted by molar-refractivity contribution is 5.74. The van der Waals surface area contributed by atoms with Gasteiger partial charge in [-0.25, -0.2) is 0 Å². The molecule has 0 unspecified atom stereocenters. The van der Waals surface area contributed by atoms with Gasteiger partial charge in [-0.05, 0) is 104 Å². The molecular formula is C30H48O4. The van der Waals surface area contributed by atoms with Crippen molar-refractivity contribution in [2.24, 2.45) is 50.2 Å². The molecule has 0 amide bonds. The maximum atomic E-state index is 12.2. The van der Waals surface area contributed by atoms with E-state index < -0.39 is 17.5 Å². The van der Waals surface area contributed by atoms with Crippen LogP contribution in [0.3, 0.4) is 0 Å². The molecule has 0 aromatic heterocycles. The number of fused-ring (bicyclic) bond motifs is 7. The van der Waals surface area contributed by atoms with Gasteiger partial charge in [0.15, 0.2) is 0 Å². The van der Waals surface area contributed by atoms with Crippen molar-refractivity contribution < 1.29 is 20.1 Å². The molecule has 4 nitrogen and oxygen atoms in total. The van der Waals surface area contributed by atoms with Crippen LogP contribution in [0.25, 0.3) is 0 Å². The standard InChI is InChI=1S/C30H48O4/c1-25(2)21-8-11-30(7)23(28(21,5)10-9-22(25)32)20(31)16-18-19-17-27(4,24(33)34)13-12-26(19,3)14-15-29(18,30)6/h16,19-23,31-32H,8-15,17H2,1-7H3,(H,33,34)/t19-,20+,21+,22+,23+,26+,27-,28-,29+,30+/m0/s1. The van der Waals surface area contributed by atoms with Crippen LogP contribution in [0.2, 0.25) is 0 Å². The topological polar surface area (TPSA) is 77.8 Å². The molecular weight excluding hydrogens is 424 g/mol. The van der Waals surface area contributed by atoms with E-state index in [0.29, 0.717) is 12.3 Å². The first-order valence-corrected chi connectivity index (χ1v) is 13.9. The molecule has 4 fully saturated rings. The largest absolute Gasteiger partial charge is 0.481 e. The smallest absolute Gasteiger partial charge is 0.309 e. The summed E-state index contributed by atoms with van der Waals surface area (Å²) >= 11 is 0. The van der Waals surface area contributed by atoms with Crippen LogP contribution in [0.1, 0.15) is 106 Å². The summed E-state index contributed by atoms with van der Waals surface area (Å²) in [7, 11) is 0. The Morgan fingerprint density at radius 2 is 1.53 bits per heavy atom. The summed E-state index contributed by atoms with van der Waals surface area (Å²) in [6.07, 6.45) is 10.0. The molecule has 34 heavy (non-hydrogen) atoms. The first-order chi connectivity index (χ1) is 15.6. The molecule has 0 aromatic rings. The van der Waals surface area contributed by atoms with Crippen LogP contribution in [0, 0.1) is 50.2 Å². The van der Waals surface area contributed by atoms with Gasteiger partial charge in [-0.15, -0.1) is 0 Å². The van der Waals surface area contributed by atoms with Crippen molar-refractivity contribution in [2.75, 3.05) is 0 Å². The molecule has 0 radical (unpaired) electrons. The Balaban J connectivity index is 1.61. The summed E-state index contributed by atoms with van der Waals surface area (Å²) in [6, 6.07) is 0. The third-order valence-corrected chi connectivity index (χ3v) is 13.3. The lowest BCUT2D eigenvalue weighted by atomic mass is 9.33. The zero-order valence-corrected chi connectivity index (χ0v) is 22.6. The Bertz CT molecular complexity index is 923. The monoisotopic (exact) mass is 472 g/mol. The van der Waals surface area contributed by atoms with E-state index in [9.17, 15) is 20.1 Å². The zero-order chi connectivity index (χ0) is 25.1. The lowest BCUT2D eigenvalue weighted by Crippen LogP contribution is -2.67. The fourth-order valence-electron chi connectivity index (χ4n) is 10.6. The van der Waals surface area contributed by atoms with E-state index in [1.807, 2.05) is 6.92 Å². The second-order valence-electron chi connectivity index (χ2n) is 15.1. The number of allylic oxidation sites excluding steroid dienone is 1. The van der Waals surface area contributed by atoms with E-state index >= 15 is 0 Å². The molecule has 3 N–H and O–H groups in total.